The SMILES string of the molecule is COc1ccc(-c2ccc(C[C@@H](C(N)=O)N(c3ccc(-c4nn[nH]n4)cc3)C(=O)[C@H]3CC[C@H](CNC(=O)OC(C)(C)C)CC3)cc2)c(C)n1.O=C(O)C(F)(F)F. The second kappa shape index (κ2) is 18.5. The summed E-state index contributed by atoms with van der Waals surface area (Å²) in [5.74, 6) is -2.66. The van der Waals surface area contributed by atoms with E-state index in [1.54, 1.807) is 36.3 Å². The number of aryl methyl sites for hydroxylation is 1. The zero-order valence-electron chi connectivity index (χ0n) is 31.6. The van der Waals surface area contributed by atoms with Crippen molar-refractivity contribution in [3.05, 3.63) is 71.9 Å². The number of alkyl halides is 3. The zero-order chi connectivity index (χ0) is 41.2. The summed E-state index contributed by atoms with van der Waals surface area (Å²) < 4.78 is 42.3. The highest BCUT2D eigenvalue weighted by atomic mass is 19.4. The number of aromatic amines is 1. The summed E-state index contributed by atoms with van der Waals surface area (Å²) in [5, 5.41) is 24.1. The number of carboxylic acid groups (broad SMARTS) is 1. The van der Waals surface area contributed by atoms with Crippen LogP contribution >= 0.6 is 0 Å². The molecule has 2 heterocycles. The minimum absolute atomic E-state index is 0.161. The number of H-pyrrole nitrogens is 1. The maximum atomic E-state index is 14.4. The molecule has 56 heavy (non-hydrogen) atoms. The van der Waals surface area contributed by atoms with Crippen LogP contribution in [0.25, 0.3) is 22.5 Å². The average Bonchev–Trinajstić information content (AvgIpc) is 3.69. The highest BCUT2D eigenvalue weighted by Gasteiger charge is 2.38. The highest BCUT2D eigenvalue weighted by molar-refractivity contribution is 6.01. The number of aliphatic carboxylic acids is 1. The van der Waals surface area contributed by atoms with Crippen molar-refractivity contribution in [3.8, 4) is 28.4 Å². The van der Waals surface area contributed by atoms with Gasteiger partial charge in [0, 0.05) is 47.5 Å². The monoisotopic (exact) mass is 782 g/mol. The Labute approximate surface area is 321 Å². The van der Waals surface area contributed by atoms with Crippen molar-refractivity contribution in [1.29, 1.82) is 0 Å². The lowest BCUT2D eigenvalue weighted by Crippen LogP contribution is -2.52. The van der Waals surface area contributed by atoms with Crippen LogP contribution in [-0.2, 0) is 25.5 Å². The normalized spacial score (nSPS) is 16.1. The van der Waals surface area contributed by atoms with Gasteiger partial charge < -0.3 is 25.6 Å². The number of nitrogens with zero attached hydrogens (tertiary/aromatic N) is 5. The van der Waals surface area contributed by atoms with E-state index in [1.165, 1.54) is 0 Å². The summed E-state index contributed by atoms with van der Waals surface area (Å²) in [5.41, 5.74) is 10.4. The highest BCUT2D eigenvalue weighted by Crippen LogP contribution is 2.33. The molecule has 1 aliphatic rings. The number of alkyl carbamates (subject to hydrolysis) is 1. The van der Waals surface area contributed by atoms with Gasteiger partial charge in [0.05, 0.1) is 7.11 Å². The Kier molecular flexibility index (Phi) is 14.1. The van der Waals surface area contributed by atoms with Gasteiger partial charge in [0.1, 0.15) is 11.6 Å². The van der Waals surface area contributed by atoms with E-state index in [1.807, 2.05) is 64.1 Å². The number of nitrogens with two attached hydrogens (primary N) is 1. The number of anilines is 1. The first-order chi connectivity index (χ1) is 26.4. The third-order valence-corrected chi connectivity index (χ3v) is 8.96. The van der Waals surface area contributed by atoms with Gasteiger partial charge in [-0.1, -0.05) is 24.3 Å². The van der Waals surface area contributed by atoms with Crippen LogP contribution in [0.5, 0.6) is 5.88 Å². The molecule has 2 aromatic carbocycles. The first-order valence-corrected chi connectivity index (χ1v) is 17.7. The molecule has 300 valence electrons. The third kappa shape index (κ3) is 12.0. The van der Waals surface area contributed by atoms with Crippen LogP contribution < -0.4 is 20.7 Å². The van der Waals surface area contributed by atoms with E-state index in [9.17, 15) is 27.6 Å². The topological polar surface area (TPSA) is 216 Å². The fraction of sp³-hybridized carbons (Fsp3) is 0.421. The molecule has 0 radical (unpaired) electrons. The first kappa shape index (κ1) is 42.7. The fourth-order valence-corrected chi connectivity index (χ4v) is 6.19. The van der Waals surface area contributed by atoms with Gasteiger partial charge in [0.15, 0.2) is 0 Å². The van der Waals surface area contributed by atoms with Gasteiger partial charge in [0.2, 0.25) is 23.5 Å². The fourth-order valence-electron chi connectivity index (χ4n) is 6.19. The molecule has 0 unspecified atom stereocenters. The summed E-state index contributed by atoms with van der Waals surface area (Å²) in [6.45, 7) is 7.87. The summed E-state index contributed by atoms with van der Waals surface area (Å²) in [4.78, 5) is 54.7. The molecule has 5 rings (SSSR count). The molecule has 1 fully saturated rings. The molecule has 5 N–H and O–H groups in total. The van der Waals surface area contributed by atoms with E-state index in [4.69, 9.17) is 25.1 Å². The number of carbonyl (C=O) groups is 4. The lowest BCUT2D eigenvalue weighted by Gasteiger charge is -2.36. The van der Waals surface area contributed by atoms with E-state index < -0.39 is 35.8 Å². The Morgan fingerprint density at radius 3 is 2.07 bits per heavy atom. The van der Waals surface area contributed by atoms with Gasteiger partial charge in [-0.25, -0.2) is 14.6 Å². The number of methoxy groups -OCH3 is 1. The van der Waals surface area contributed by atoms with E-state index in [0.29, 0.717) is 42.3 Å². The molecule has 3 amide bonds. The van der Waals surface area contributed by atoms with Gasteiger partial charge in [-0.3, -0.25) is 14.5 Å². The lowest BCUT2D eigenvalue weighted by molar-refractivity contribution is -0.192. The number of pyridine rings is 1. The molecule has 1 atom stereocenters. The van der Waals surface area contributed by atoms with Crippen molar-refractivity contribution >= 4 is 29.6 Å². The standard InChI is InChI=1S/C36H44N8O5.C2HF3O2/c1-22-29(18-19-31(39-22)48-5)25-10-6-23(7-11-25)20-30(32(37)45)44(28-16-14-26(15-17-28)33-40-42-43-41-33)34(46)27-12-8-24(9-13-27)21-38-35(47)49-36(2,3)4;3-2(4,5)1(6)7/h6-7,10-11,14-19,24,27,30H,8-9,12-13,20-21H2,1-5H3,(H2,37,45)(H,38,47)(H,40,41,42,43);(H,6,7)/t24-,27-,30-;/m0./s1. The smallest absolute Gasteiger partial charge is 0.481 e. The predicted molar refractivity (Wildman–Crippen MR) is 198 cm³/mol. The molecule has 0 spiro atoms. The number of ether oxygens (including phenoxy) is 2. The average molecular weight is 783 g/mol. The van der Waals surface area contributed by atoms with Gasteiger partial charge in [-0.05, 0) is 106 Å². The minimum Gasteiger partial charge on any atom is -0.481 e. The largest absolute Gasteiger partial charge is 0.490 e. The molecule has 0 aliphatic heterocycles. The Balaban J connectivity index is 0.000000908. The summed E-state index contributed by atoms with van der Waals surface area (Å²) in [7, 11) is 1.58. The molecule has 0 bridgehead atoms. The van der Waals surface area contributed by atoms with Crippen LogP contribution in [0.2, 0.25) is 0 Å². The van der Waals surface area contributed by atoms with Crippen molar-refractivity contribution in [1.82, 2.24) is 30.9 Å². The molecular formula is C38H45F3N8O7. The van der Waals surface area contributed by atoms with Gasteiger partial charge in [-0.2, -0.15) is 18.4 Å². The summed E-state index contributed by atoms with van der Waals surface area (Å²) in [6.07, 6.45) is -2.57. The number of rotatable bonds is 11. The van der Waals surface area contributed by atoms with Crippen LogP contribution in [0.15, 0.2) is 60.7 Å². The van der Waals surface area contributed by atoms with Crippen LogP contribution in [0, 0.1) is 18.8 Å². The maximum absolute atomic E-state index is 14.4. The second-order valence-electron chi connectivity index (χ2n) is 14.2. The molecule has 1 saturated carbocycles. The van der Waals surface area contributed by atoms with Crippen molar-refractivity contribution < 1.29 is 46.9 Å². The number of amides is 3. The van der Waals surface area contributed by atoms with Gasteiger partial charge >= 0.3 is 18.2 Å². The van der Waals surface area contributed by atoms with Gasteiger partial charge in [0.25, 0.3) is 0 Å². The number of nitrogens with one attached hydrogen (secondary N) is 2. The molecule has 1 aliphatic carbocycles. The number of primary amides is 1. The first-order valence-electron chi connectivity index (χ1n) is 17.7. The number of benzene rings is 2. The number of aromatic nitrogens is 5. The second-order valence-corrected chi connectivity index (χ2v) is 14.2. The Morgan fingerprint density at radius 2 is 1.57 bits per heavy atom. The van der Waals surface area contributed by atoms with Crippen LogP contribution in [0.4, 0.5) is 23.7 Å². The molecule has 2 aromatic heterocycles. The van der Waals surface area contributed by atoms with E-state index >= 15 is 0 Å². The maximum Gasteiger partial charge on any atom is 0.490 e. The molecule has 18 heteroatoms. The van der Waals surface area contributed by atoms with E-state index in [-0.39, 0.29) is 24.2 Å². The zero-order valence-corrected chi connectivity index (χ0v) is 31.6. The number of hydrogen-bond donors (Lipinski definition) is 4. The number of tetrazole rings is 1. The van der Waals surface area contributed by atoms with Crippen molar-refractivity contribution in [2.24, 2.45) is 17.6 Å². The predicted octanol–water partition coefficient (Wildman–Crippen LogP) is 5.64. The van der Waals surface area contributed by atoms with Crippen LogP contribution in [0.3, 0.4) is 0 Å². The van der Waals surface area contributed by atoms with E-state index in [0.717, 1.165) is 35.2 Å². The summed E-state index contributed by atoms with van der Waals surface area (Å²) >= 11 is 0. The summed E-state index contributed by atoms with van der Waals surface area (Å²) in [6, 6.07) is 17.8. The lowest BCUT2D eigenvalue weighted by atomic mass is 9.81. The van der Waals surface area contributed by atoms with Crippen LogP contribution in [0.1, 0.15) is 57.7 Å². The number of halogens is 3. The molecule has 15 nitrogen and oxygen atoms in total. The van der Waals surface area contributed by atoms with Crippen molar-refractivity contribution in [2.75, 3.05) is 18.6 Å². The Morgan fingerprint density at radius 1 is 0.964 bits per heavy atom. The Bertz CT molecular complexity index is 1940. The minimum atomic E-state index is -5.08. The van der Waals surface area contributed by atoms with Crippen LogP contribution in [-0.4, -0.2) is 86.1 Å². The molecular weight excluding hydrogens is 737 g/mol. The molecule has 0 saturated heterocycles. The van der Waals surface area contributed by atoms with E-state index in [2.05, 4.69) is 30.9 Å². The van der Waals surface area contributed by atoms with Crippen molar-refractivity contribution in [2.45, 2.75) is 77.6 Å². The third-order valence-electron chi connectivity index (χ3n) is 8.96. The quantitative estimate of drug-likeness (QED) is 0.146. The van der Waals surface area contributed by atoms with Crippen molar-refractivity contribution in [3.63, 3.8) is 0 Å². The number of hydrogen-bond acceptors (Lipinski definition) is 10. The number of carbonyl (C=O) groups excluding carboxylic acids is 3. The molecule has 4 aromatic rings. The Hall–Kier alpha value is -6.07. The van der Waals surface area contributed by atoms with Gasteiger partial charge in [-0.15, -0.1) is 10.2 Å². The number of carboxylic acids is 1.